The average molecular weight is 76.5 g/mol. The highest BCUT2D eigenvalue weighted by Gasteiger charge is 1.41. The summed E-state index contributed by atoms with van der Waals surface area (Å²) in [5, 5.41) is 0. The largest absolute Gasteiger partial charge is 0.333 e. The van der Waals surface area contributed by atoms with E-state index in [1.807, 2.05) is 0 Å². The van der Waals surface area contributed by atoms with Crippen molar-refractivity contribution in [1.82, 2.24) is 0 Å². The zero-order chi connectivity index (χ0) is 3.41. The quantitative estimate of drug-likeness (QED) is 0.387. The summed E-state index contributed by atoms with van der Waals surface area (Å²) in [4.78, 5) is 0. The lowest BCUT2D eigenvalue weighted by Gasteiger charge is -1.58. The number of hydrogen-bond acceptors (Lipinski definition) is 1. The minimum Gasteiger partial charge on any atom is -0.333 e. The van der Waals surface area contributed by atoms with Crippen LogP contribution < -0.4 is 0 Å². The zero-order valence-corrected chi connectivity index (χ0v) is 2.62. The number of hydrogen-bond donors (Lipinski definition) is 0. The molecular weight excluding hydrogens is 75.5 g/mol. The topological polar surface area (TPSA) is 9.23 Å². The summed E-state index contributed by atoms with van der Waals surface area (Å²) in [6, 6.07) is 0. The average Bonchev–Trinajstić information content (AvgIpc) is 1.37. The molecule has 0 aliphatic heterocycles. The molecule has 0 saturated heterocycles. The van der Waals surface area contributed by atoms with Gasteiger partial charge in [-0.3, -0.25) is 0 Å². The Morgan fingerprint density at radius 3 is 2.25 bits per heavy atom. The maximum atomic E-state index is 4.45. The molecule has 22 valence electrons. The summed E-state index contributed by atoms with van der Waals surface area (Å²) < 4.78 is 3.54. The summed E-state index contributed by atoms with van der Waals surface area (Å²) in [6.07, 6.45) is 6.12. The second-order valence-electron chi connectivity index (χ2n) is 0.195. The van der Waals surface area contributed by atoms with E-state index in [2.05, 4.69) is 22.6 Å². The molecule has 4 heavy (non-hydrogen) atoms. The van der Waals surface area contributed by atoms with Crippen LogP contribution in [0.3, 0.4) is 0 Å². The van der Waals surface area contributed by atoms with Crippen LogP contribution in [0, 0.1) is 12.5 Å². The SMILES string of the molecule is C#COCl. The molecule has 0 unspecified atom stereocenters. The van der Waals surface area contributed by atoms with Crippen LogP contribution in [0.15, 0.2) is 0 Å². The van der Waals surface area contributed by atoms with Crippen molar-refractivity contribution in [3.8, 4) is 12.5 Å². The van der Waals surface area contributed by atoms with Gasteiger partial charge in [-0.05, 0) is 0 Å². The zero-order valence-electron chi connectivity index (χ0n) is 1.86. The molecule has 0 heterocycles. The van der Waals surface area contributed by atoms with Gasteiger partial charge in [0.2, 0.25) is 0 Å². The lowest BCUT2D eigenvalue weighted by Crippen LogP contribution is -1.40. The van der Waals surface area contributed by atoms with Crippen molar-refractivity contribution in [3.05, 3.63) is 0 Å². The first-order valence-corrected chi connectivity index (χ1v) is 0.956. The fourth-order valence-corrected chi connectivity index (χ4v) is 0. The summed E-state index contributed by atoms with van der Waals surface area (Å²) in [7, 11) is 0. The van der Waals surface area contributed by atoms with Crippen molar-refractivity contribution >= 4 is 11.9 Å². The van der Waals surface area contributed by atoms with Gasteiger partial charge in [-0.2, -0.15) is 0 Å². The monoisotopic (exact) mass is 76.0 g/mol. The predicted molar refractivity (Wildman–Crippen MR) is 15.8 cm³/mol. The maximum absolute atomic E-state index is 4.45. The van der Waals surface area contributed by atoms with E-state index in [0.717, 1.165) is 0 Å². The Bertz CT molecular complexity index is 35.8. The van der Waals surface area contributed by atoms with Gasteiger partial charge in [-0.15, -0.1) is 0 Å². The van der Waals surface area contributed by atoms with Gasteiger partial charge >= 0.3 is 0 Å². The Morgan fingerprint density at radius 1 is 2.00 bits per heavy atom. The van der Waals surface area contributed by atoms with E-state index < -0.39 is 0 Å². The molecule has 0 aromatic heterocycles. The van der Waals surface area contributed by atoms with Crippen LogP contribution in [-0.2, 0) is 4.29 Å². The Morgan fingerprint density at radius 2 is 2.25 bits per heavy atom. The van der Waals surface area contributed by atoms with Gasteiger partial charge in [0.05, 0.1) is 0 Å². The second kappa shape index (κ2) is 2.65. The van der Waals surface area contributed by atoms with Crippen LogP contribution >= 0.6 is 11.9 Å². The molecule has 0 amide bonds. The highest BCUT2D eigenvalue weighted by Crippen LogP contribution is 1.66. The molecule has 0 bridgehead atoms. The van der Waals surface area contributed by atoms with Crippen LogP contribution in [0.1, 0.15) is 0 Å². The van der Waals surface area contributed by atoms with Crippen molar-refractivity contribution < 1.29 is 4.29 Å². The number of terminal acetylenes is 1. The lowest BCUT2D eigenvalue weighted by molar-refractivity contribution is 0.583. The fraction of sp³-hybridized carbons (Fsp3) is 0. The Kier molecular flexibility index (Phi) is 2.42. The number of halogens is 1. The van der Waals surface area contributed by atoms with E-state index >= 15 is 0 Å². The summed E-state index contributed by atoms with van der Waals surface area (Å²) in [5.74, 6) is 0. The van der Waals surface area contributed by atoms with Crippen LogP contribution in [0.2, 0.25) is 0 Å². The van der Waals surface area contributed by atoms with Crippen LogP contribution in [0.5, 0.6) is 0 Å². The third-order valence-electron chi connectivity index (χ3n) is 0.0445. The van der Waals surface area contributed by atoms with Gasteiger partial charge in [0.25, 0.3) is 0 Å². The summed E-state index contributed by atoms with van der Waals surface area (Å²) in [5.41, 5.74) is 0. The van der Waals surface area contributed by atoms with Crippen LogP contribution in [0.25, 0.3) is 0 Å². The van der Waals surface area contributed by atoms with Gasteiger partial charge < -0.3 is 4.29 Å². The molecular formula is C2HClO. The van der Waals surface area contributed by atoms with Gasteiger partial charge in [0, 0.05) is 0 Å². The van der Waals surface area contributed by atoms with Crippen molar-refractivity contribution in [3.63, 3.8) is 0 Å². The van der Waals surface area contributed by atoms with Gasteiger partial charge in [0.15, 0.2) is 0 Å². The Labute approximate surface area is 29.7 Å². The summed E-state index contributed by atoms with van der Waals surface area (Å²) in [6.45, 7) is 0. The molecule has 2 heteroatoms. The third kappa shape index (κ3) is 1.65. The maximum Gasteiger partial charge on any atom is 0.147 e. The second-order valence-corrected chi connectivity index (χ2v) is 0.349. The molecule has 0 spiro atoms. The molecule has 0 aromatic carbocycles. The van der Waals surface area contributed by atoms with E-state index in [9.17, 15) is 0 Å². The molecule has 1 nitrogen and oxygen atoms in total. The molecule has 0 fully saturated rings. The van der Waals surface area contributed by atoms with E-state index in [0.29, 0.717) is 0 Å². The fourth-order valence-electron chi connectivity index (χ4n) is 0. The summed E-state index contributed by atoms with van der Waals surface area (Å²) >= 11 is 4.45. The molecule has 0 saturated carbocycles. The molecule has 0 N–H and O–H groups in total. The molecule has 0 rings (SSSR count). The molecule has 0 atom stereocenters. The Hall–Kier alpha value is -0.350. The first-order valence-electron chi connectivity index (χ1n) is 0.647. The molecule has 0 aliphatic carbocycles. The van der Waals surface area contributed by atoms with Crippen LogP contribution in [-0.4, -0.2) is 0 Å². The van der Waals surface area contributed by atoms with Gasteiger partial charge in [-0.25, -0.2) is 0 Å². The minimum atomic E-state index is 1.70. The molecule has 0 radical (unpaired) electrons. The van der Waals surface area contributed by atoms with E-state index in [1.54, 1.807) is 6.11 Å². The predicted octanol–water partition coefficient (Wildman–Crippen LogP) is 0.748. The standard InChI is InChI=1S/C2HClO/c1-2-4-3/h1H. The van der Waals surface area contributed by atoms with E-state index in [-0.39, 0.29) is 0 Å². The van der Waals surface area contributed by atoms with Crippen molar-refractivity contribution in [2.75, 3.05) is 0 Å². The lowest BCUT2D eigenvalue weighted by atomic mass is 11.3. The highest BCUT2D eigenvalue weighted by atomic mass is 35.5. The third-order valence-corrected chi connectivity index (χ3v) is 0.134. The first-order chi connectivity index (χ1) is 1.91. The minimum absolute atomic E-state index is 1.70. The molecule has 0 aliphatic rings. The van der Waals surface area contributed by atoms with Crippen molar-refractivity contribution in [2.24, 2.45) is 0 Å². The van der Waals surface area contributed by atoms with Gasteiger partial charge in [0.1, 0.15) is 18.0 Å². The van der Waals surface area contributed by atoms with Gasteiger partial charge in [-0.1, -0.05) is 6.42 Å². The normalized spacial score (nSPS) is 4.00. The number of rotatable bonds is 0. The van der Waals surface area contributed by atoms with E-state index in [1.165, 1.54) is 0 Å². The smallest absolute Gasteiger partial charge is 0.147 e. The van der Waals surface area contributed by atoms with Crippen LogP contribution in [0.4, 0.5) is 0 Å². The van der Waals surface area contributed by atoms with E-state index in [4.69, 9.17) is 0 Å². The Balaban J connectivity index is 2.43. The molecule has 0 aromatic rings. The van der Waals surface area contributed by atoms with Crippen molar-refractivity contribution in [1.29, 1.82) is 0 Å². The van der Waals surface area contributed by atoms with Crippen molar-refractivity contribution in [2.45, 2.75) is 0 Å². The highest BCUT2D eigenvalue weighted by molar-refractivity contribution is 6.08. The first kappa shape index (κ1) is 3.65.